The van der Waals surface area contributed by atoms with Gasteiger partial charge in [0, 0.05) is 5.57 Å². The second kappa shape index (κ2) is 4.03. The molecule has 3 heteroatoms. The molecule has 0 bridgehead atoms. The molecule has 0 aromatic heterocycles. The van der Waals surface area contributed by atoms with Crippen LogP contribution in [-0.2, 0) is 0 Å². The van der Waals surface area contributed by atoms with Crippen molar-refractivity contribution in [2.24, 2.45) is 0 Å². The average molecular weight is 202 g/mol. The number of alkyl halides is 3. The normalized spacial score (nSPS) is 18.2. The Morgan fingerprint density at radius 2 is 1.93 bits per heavy atom. The summed E-state index contributed by atoms with van der Waals surface area (Å²) in [6.45, 7) is 3.68. The van der Waals surface area contributed by atoms with Crippen LogP contribution in [0.25, 0.3) is 0 Å². The van der Waals surface area contributed by atoms with Crippen molar-refractivity contribution in [1.29, 1.82) is 0 Å². The van der Waals surface area contributed by atoms with Gasteiger partial charge in [-0.15, -0.1) is 0 Å². The van der Waals surface area contributed by atoms with Gasteiger partial charge in [0.1, 0.15) is 0 Å². The van der Waals surface area contributed by atoms with Crippen molar-refractivity contribution < 1.29 is 13.2 Å². The highest BCUT2D eigenvalue weighted by Crippen LogP contribution is 2.33. The minimum Gasteiger partial charge on any atom is -0.166 e. The first-order valence-corrected chi connectivity index (χ1v) is 4.57. The van der Waals surface area contributed by atoms with Crippen molar-refractivity contribution in [2.75, 3.05) is 0 Å². The quantitative estimate of drug-likeness (QED) is 0.598. The lowest BCUT2D eigenvalue weighted by Gasteiger charge is -2.11. The molecule has 0 aromatic rings. The van der Waals surface area contributed by atoms with Crippen molar-refractivity contribution in [1.82, 2.24) is 0 Å². The summed E-state index contributed by atoms with van der Waals surface area (Å²) >= 11 is 0. The monoisotopic (exact) mass is 202 g/mol. The van der Waals surface area contributed by atoms with Gasteiger partial charge in [-0.05, 0) is 19.8 Å². The summed E-state index contributed by atoms with van der Waals surface area (Å²) in [5, 5.41) is 0. The van der Waals surface area contributed by atoms with Gasteiger partial charge in [0.2, 0.25) is 0 Å². The van der Waals surface area contributed by atoms with Crippen molar-refractivity contribution in [2.45, 2.75) is 32.9 Å². The summed E-state index contributed by atoms with van der Waals surface area (Å²) in [6.07, 6.45) is 1.01. The van der Waals surface area contributed by atoms with E-state index in [1.54, 1.807) is 0 Å². The van der Waals surface area contributed by atoms with Gasteiger partial charge in [0.15, 0.2) is 0 Å². The highest BCUT2D eigenvalue weighted by atomic mass is 19.4. The molecule has 14 heavy (non-hydrogen) atoms. The van der Waals surface area contributed by atoms with Crippen LogP contribution in [0.2, 0.25) is 0 Å². The summed E-state index contributed by atoms with van der Waals surface area (Å²) in [4.78, 5) is 0. The van der Waals surface area contributed by atoms with Gasteiger partial charge < -0.3 is 0 Å². The molecule has 1 aliphatic rings. The summed E-state index contributed by atoms with van der Waals surface area (Å²) in [5.74, 6) is 0. The molecular formula is C11H13F3. The standard InChI is InChI=1S/C11H13F3/c1-3-9-6-8(2)4-5-10(7-9)11(12,13)14/h4-6H,3,7H2,1-2H3. The molecule has 0 aliphatic heterocycles. The van der Waals surface area contributed by atoms with E-state index in [-0.39, 0.29) is 6.42 Å². The van der Waals surface area contributed by atoms with E-state index in [0.29, 0.717) is 6.42 Å². The summed E-state index contributed by atoms with van der Waals surface area (Å²) < 4.78 is 37.3. The predicted molar refractivity (Wildman–Crippen MR) is 50.9 cm³/mol. The molecule has 78 valence electrons. The summed E-state index contributed by atoms with van der Waals surface area (Å²) in [6, 6.07) is 0. The Bertz CT molecular complexity index is 303. The van der Waals surface area contributed by atoms with Crippen LogP contribution < -0.4 is 0 Å². The number of hydrogen-bond acceptors (Lipinski definition) is 0. The molecule has 0 saturated carbocycles. The van der Waals surface area contributed by atoms with Crippen molar-refractivity contribution >= 4 is 0 Å². The van der Waals surface area contributed by atoms with Gasteiger partial charge in [-0.1, -0.05) is 36.3 Å². The average Bonchev–Trinajstić information content (AvgIpc) is 2.25. The van der Waals surface area contributed by atoms with Crippen LogP contribution in [0.3, 0.4) is 0 Å². The number of rotatable bonds is 1. The smallest absolute Gasteiger partial charge is 0.166 e. The lowest BCUT2D eigenvalue weighted by molar-refractivity contribution is -0.0931. The van der Waals surface area contributed by atoms with Crippen LogP contribution >= 0.6 is 0 Å². The molecule has 0 fully saturated rings. The second-order valence-electron chi connectivity index (χ2n) is 3.43. The van der Waals surface area contributed by atoms with E-state index in [1.807, 2.05) is 19.9 Å². The molecule has 1 rings (SSSR count). The fourth-order valence-corrected chi connectivity index (χ4v) is 1.38. The highest BCUT2D eigenvalue weighted by Gasteiger charge is 2.33. The maximum atomic E-state index is 12.4. The molecular weight excluding hydrogens is 189 g/mol. The Morgan fingerprint density at radius 1 is 1.29 bits per heavy atom. The predicted octanol–water partition coefficient (Wildman–Crippen LogP) is 4.16. The Kier molecular flexibility index (Phi) is 3.19. The maximum Gasteiger partial charge on any atom is 0.413 e. The van der Waals surface area contributed by atoms with Crippen molar-refractivity contribution in [3.63, 3.8) is 0 Å². The first-order valence-electron chi connectivity index (χ1n) is 4.57. The van der Waals surface area contributed by atoms with E-state index in [9.17, 15) is 13.2 Å². The molecule has 0 nitrogen and oxygen atoms in total. The summed E-state index contributed by atoms with van der Waals surface area (Å²) in [7, 11) is 0. The van der Waals surface area contributed by atoms with Crippen LogP contribution in [0.4, 0.5) is 13.2 Å². The van der Waals surface area contributed by atoms with Crippen LogP contribution in [0.1, 0.15) is 26.7 Å². The van der Waals surface area contributed by atoms with Gasteiger partial charge in [-0.25, -0.2) is 0 Å². The first-order chi connectivity index (χ1) is 6.43. The van der Waals surface area contributed by atoms with Gasteiger partial charge in [0.25, 0.3) is 0 Å². The van der Waals surface area contributed by atoms with Crippen molar-refractivity contribution in [3.8, 4) is 0 Å². The minimum atomic E-state index is -4.20. The molecule has 0 heterocycles. The molecule has 0 atom stereocenters. The maximum absolute atomic E-state index is 12.4. The molecule has 0 aromatic carbocycles. The fourth-order valence-electron chi connectivity index (χ4n) is 1.38. The Balaban J connectivity index is 2.98. The van der Waals surface area contributed by atoms with Gasteiger partial charge in [-0.3, -0.25) is 0 Å². The SMILES string of the molecule is CCC1=CC(C)=CC=C(C(F)(F)F)C1. The molecule has 0 spiro atoms. The van der Waals surface area contributed by atoms with Crippen LogP contribution in [-0.4, -0.2) is 6.18 Å². The zero-order valence-electron chi connectivity index (χ0n) is 8.28. The van der Waals surface area contributed by atoms with E-state index in [4.69, 9.17) is 0 Å². The van der Waals surface area contributed by atoms with E-state index < -0.39 is 11.7 Å². The van der Waals surface area contributed by atoms with Crippen LogP contribution in [0.15, 0.2) is 34.9 Å². The lowest BCUT2D eigenvalue weighted by Crippen LogP contribution is -2.12. The molecule has 0 amide bonds. The first kappa shape index (κ1) is 11.1. The van der Waals surface area contributed by atoms with Crippen LogP contribution in [0.5, 0.6) is 0 Å². The number of hydrogen-bond donors (Lipinski definition) is 0. The Morgan fingerprint density at radius 3 is 2.43 bits per heavy atom. The molecule has 0 unspecified atom stereocenters. The van der Waals surface area contributed by atoms with E-state index >= 15 is 0 Å². The third kappa shape index (κ3) is 2.76. The third-order valence-corrected chi connectivity index (χ3v) is 2.21. The van der Waals surface area contributed by atoms with E-state index in [1.165, 1.54) is 12.2 Å². The lowest BCUT2D eigenvalue weighted by atomic mass is 10.0. The van der Waals surface area contributed by atoms with Gasteiger partial charge in [0.05, 0.1) is 0 Å². The topological polar surface area (TPSA) is 0 Å². The number of allylic oxidation sites excluding steroid dienone is 6. The Hall–Kier alpha value is -0.990. The molecule has 0 saturated heterocycles. The highest BCUT2D eigenvalue weighted by molar-refractivity contribution is 5.35. The van der Waals surface area contributed by atoms with Crippen molar-refractivity contribution in [3.05, 3.63) is 34.9 Å². The minimum absolute atomic E-state index is 0.0217. The largest absolute Gasteiger partial charge is 0.413 e. The molecule has 0 radical (unpaired) electrons. The van der Waals surface area contributed by atoms with Gasteiger partial charge >= 0.3 is 6.18 Å². The molecule has 0 N–H and O–H groups in total. The second-order valence-corrected chi connectivity index (χ2v) is 3.43. The number of halogens is 3. The Labute approximate surface area is 81.8 Å². The zero-order chi connectivity index (χ0) is 10.8. The zero-order valence-corrected chi connectivity index (χ0v) is 8.28. The van der Waals surface area contributed by atoms with Crippen LogP contribution in [0, 0.1) is 0 Å². The summed E-state index contributed by atoms with van der Waals surface area (Å²) in [5.41, 5.74) is 1.25. The molecule has 1 aliphatic carbocycles. The third-order valence-electron chi connectivity index (χ3n) is 2.21. The van der Waals surface area contributed by atoms with E-state index in [0.717, 1.165) is 11.1 Å². The van der Waals surface area contributed by atoms with E-state index in [2.05, 4.69) is 0 Å². The van der Waals surface area contributed by atoms with Gasteiger partial charge in [-0.2, -0.15) is 13.2 Å². The fraction of sp³-hybridized carbons (Fsp3) is 0.455.